The van der Waals surface area contributed by atoms with E-state index in [1.54, 1.807) is 0 Å². The average molecular weight is 297 g/mol. The summed E-state index contributed by atoms with van der Waals surface area (Å²) in [4.78, 5) is 16.5. The van der Waals surface area contributed by atoms with E-state index >= 15 is 0 Å². The van der Waals surface area contributed by atoms with Crippen molar-refractivity contribution in [3.8, 4) is 0 Å². The largest absolute Gasteiger partial charge is 0.321 e. The lowest BCUT2D eigenvalue weighted by atomic mass is 10.1. The maximum absolute atomic E-state index is 12.3. The summed E-state index contributed by atoms with van der Waals surface area (Å²) < 4.78 is 0. The number of hydrogen-bond acceptors (Lipinski definition) is 2. The third kappa shape index (κ3) is 2.92. The molecule has 1 N–H and O–H groups in total. The Bertz CT molecular complexity index is 660. The maximum Gasteiger partial charge on any atom is 0.321 e. The fourth-order valence-corrected chi connectivity index (χ4v) is 3.06. The second kappa shape index (κ2) is 6.36. The van der Waals surface area contributed by atoms with E-state index in [0.717, 1.165) is 37.3 Å². The normalized spacial score (nSPS) is 15.1. The molecular formula is C18H23N3O. The lowest BCUT2D eigenvalue weighted by Crippen LogP contribution is -2.61. The third-order valence-corrected chi connectivity index (χ3v) is 4.48. The molecule has 22 heavy (non-hydrogen) atoms. The van der Waals surface area contributed by atoms with E-state index in [9.17, 15) is 4.79 Å². The number of nitrogens with zero attached hydrogens (tertiary/aromatic N) is 2. The van der Waals surface area contributed by atoms with Gasteiger partial charge in [0.15, 0.2) is 0 Å². The molecule has 4 heteroatoms. The van der Waals surface area contributed by atoms with Crippen molar-refractivity contribution < 1.29 is 4.79 Å². The summed E-state index contributed by atoms with van der Waals surface area (Å²) in [5.74, 6) is 0. The molecule has 2 amide bonds. The Hall–Kier alpha value is -2.07. The number of fused-ring (bicyclic) bond motifs is 1. The number of amides is 2. The molecule has 1 saturated heterocycles. The molecule has 3 rings (SSSR count). The van der Waals surface area contributed by atoms with E-state index in [-0.39, 0.29) is 6.03 Å². The van der Waals surface area contributed by atoms with E-state index < -0.39 is 0 Å². The SMILES string of the molecule is CCN(CC)C1CN(C(=O)Nc2ccc3ccccc3c2)C1. The van der Waals surface area contributed by atoms with Crippen molar-refractivity contribution in [1.29, 1.82) is 0 Å². The summed E-state index contributed by atoms with van der Waals surface area (Å²) in [6.45, 7) is 8.06. The van der Waals surface area contributed by atoms with Gasteiger partial charge in [-0.3, -0.25) is 4.90 Å². The van der Waals surface area contributed by atoms with Crippen LogP contribution in [-0.2, 0) is 0 Å². The van der Waals surface area contributed by atoms with Gasteiger partial charge in [-0.1, -0.05) is 44.2 Å². The van der Waals surface area contributed by atoms with Gasteiger partial charge in [-0.25, -0.2) is 4.79 Å². The second-order valence-electron chi connectivity index (χ2n) is 5.77. The van der Waals surface area contributed by atoms with Crippen LogP contribution in [0.2, 0.25) is 0 Å². The highest BCUT2D eigenvalue weighted by atomic mass is 16.2. The number of carbonyl (C=O) groups is 1. The Morgan fingerprint density at radius 1 is 1.14 bits per heavy atom. The molecule has 4 nitrogen and oxygen atoms in total. The van der Waals surface area contributed by atoms with Gasteiger partial charge in [0.25, 0.3) is 0 Å². The molecule has 0 radical (unpaired) electrons. The van der Waals surface area contributed by atoms with Crippen LogP contribution in [0.3, 0.4) is 0 Å². The first-order valence-electron chi connectivity index (χ1n) is 8.00. The van der Waals surface area contributed by atoms with E-state index in [2.05, 4.69) is 36.2 Å². The van der Waals surface area contributed by atoms with Crippen molar-refractivity contribution in [2.75, 3.05) is 31.5 Å². The smallest absolute Gasteiger partial charge is 0.321 e. The first-order valence-corrected chi connectivity index (χ1v) is 8.00. The van der Waals surface area contributed by atoms with Crippen molar-refractivity contribution in [3.63, 3.8) is 0 Å². The predicted molar refractivity (Wildman–Crippen MR) is 91.2 cm³/mol. The minimum atomic E-state index is -0.00122. The van der Waals surface area contributed by atoms with Gasteiger partial charge in [0.05, 0.1) is 0 Å². The van der Waals surface area contributed by atoms with Gasteiger partial charge in [-0.15, -0.1) is 0 Å². The lowest BCUT2D eigenvalue weighted by molar-refractivity contribution is 0.0685. The van der Waals surface area contributed by atoms with Gasteiger partial charge in [-0.05, 0) is 36.0 Å². The van der Waals surface area contributed by atoms with Crippen LogP contribution in [0.4, 0.5) is 10.5 Å². The molecule has 2 aromatic rings. The molecule has 0 spiro atoms. The highest BCUT2D eigenvalue weighted by molar-refractivity contribution is 5.93. The topological polar surface area (TPSA) is 35.6 Å². The van der Waals surface area contributed by atoms with Crippen LogP contribution < -0.4 is 5.32 Å². The molecule has 0 saturated carbocycles. The van der Waals surface area contributed by atoms with E-state index in [4.69, 9.17) is 0 Å². The van der Waals surface area contributed by atoms with Gasteiger partial charge >= 0.3 is 6.03 Å². The zero-order chi connectivity index (χ0) is 15.5. The van der Waals surface area contributed by atoms with E-state index in [0.29, 0.717) is 6.04 Å². The quantitative estimate of drug-likeness (QED) is 0.939. The van der Waals surface area contributed by atoms with Crippen LogP contribution >= 0.6 is 0 Å². The zero-order valence-corrected chi connectivity index (χ0v) is 13.2. The third-order valence-electron chi connectivity index (χ3n) is 4.48. The molecule has 1 aliphatic heterocycles. The zero-order valence-electron chi connectivity index (χ0n) is 13.2. The Labute approximate surface area is 131 Å². The lowest BCUT2D eigenvalue weighted by Gasteiger charge is -2.44. The minimum Gasteiger partial charge on any atom is -0.321 e. The fourth-order valence-electron chi connectivity index (χ4n) is 3.06. The number of likely N-dealkylation sites (N-methyl/N-ethyl adjacent to an activating group) is 1. The van der Waals surface area contributed by atoms with Crippen LogP contribution in [0.25, 0.3) is 10.8 Å². The van der Waals surface area contributed by atoms with Crippen LogP contribution in [0.1, 0.15) is 13.8 Å². The molecular weight excluding hydrogens is 274 g/mol. The predicted octanol–water partition coefficient (Wildman–Crippen LogP) is 3.40. The van der Waals surface area contributed by atoms with Gasteiger partial charge in [-0.2, -0.15) is 0 Å². The molecule has 1 aliphatic rings. The molecule has 116 valence electrons. The molecule has 0 bridgehead atoms. The number of hydrogen-bond donors (Lipinski definition) is 1. The molecule has 0 aromatic heterocycles. The van der Waals surface area contributed by atoms with Crippen molar-refractivity contribution >= 4 is 22.5 Å². The first-order chi connectivity index (χ1) is 10.7. The number of likely N-dealkylation sites (tertiary alicyclic amines) is 1. The number of urea groups is 1. The molecule has 2 aromatic carbocycles. The van der Waals surface area contributed by atoms with Gasteiger partial charge in [0.2, 0.25) is 0 Å². The number of anilines is 1. The van der Waals surface area contributed by atoms with Crippen LogP contribution in [0.5, 0.6) is 0 Å². The van der Waals surface area contributed by atoms with Crippen molar-refractivity contribution in [1.82, 2.24) is 9.80 Å². The summed E-state index contributed by atoms with van der Waals surface area (Å²) in [7, 11) is 0. The summed E-state index contributed by atoms with van der Waals surface area (Å²) >= 11 is 0. The van der Waals surface area contributed by atoms with Gasteiger partial charge in [0.1, 0.15) is 0 Å². The Balaban J connectivity index is 1.60. The van der Waals surface area contributed by atoms with Crippen LogP contribution in [-0.4, -0.2) is 48.1 Å². The van der Waals surface area contributed by atoms with Crippen molar-refractivity contribution in [2.24, 2.45) is 0 Å². The minimum absolute atomic E-state index is 0.00122. The summed E-state index contributed by atoms with van der Waals surface area (Å²) in [6.07, 6.45) is 0. The molecule has 0 atom stereocenters. The number of rotatable bonds is 4. The standard InChI is InChI=1S/C18H23N3O/c1-3-20(4-2)17-12-21(13-17)18(22)19-16-10-9-14-7-5-6-8-15(14)11-16/h5-11,17H,3-4,12-13H2,1-2H3,(H,19,22). The number of carbonyl (C=O) groups excluding carboxylic acids is 1. The Morgan fingerprint density at radius 2 is 1.82 bits per heavy atom. The summed E-state index contributed by atoms with van der Waals surface area (Å²) in [6, 6.07) is 14.7. The van der Waals surface area contributed by atoms with Crippen molar-refractivity contribution in [3.05, 3.63) is 42.5 Å². The van der Waals surface area contributed by atoms with Gasteiger partial charge < -0.3 is 10.2 Å². The van der Waals surface area contributed by atoms with Crippen molar-refractivity contribution in [2.45, 2.75) is 19.9 Å². The molecule has 1 fully saturated rings. The molecule has 1 heterocycles. The fraction of sp³-hybridized carbons (Fsp3) is 0.389. The summed E-state index contributed by atoms with van der Waals surface area (Å²) in [5, 5.41) is 5.33. The first kappa shape index (κ1) is 14.9. The van der Waals surface area contributed by atoms with E-state index in [1.165, 1.54) is 5.39 Å². The Morgan fingerprint density at radius 3 is 2.50 bits per heavy atom. The van der Waals surface area contributed by atoms with Crippen LogP contribution in [0.15, 0.2) is 42.5 Å². The second-order valence-corrected chi connectivity index (χ2v) is 5.77. The average Bonchev–Trinajstić information content (AvgIpc) is 2.50. The summed E-state index contributed by atoms with van der Waals surface area (Å²) in [5.41, 5.74) is 0.856. The number of nitrogens with one attached hydrogen (secondary N) is 1. The highest BCUT2D eigenvalue weighted by Gasteiger charge is 2.33. The number of benzene rings is 2. The highest BCUT2D eigenvalue weighted by Crippen LogP contribution is 2.21. The van der Waals surface area contributed by atoms with Gasteiger partial charge in [0, 0.05) is 24.8 Å². The molecule has 0 unspecified atom stereocenters. The molecule has 0 aliphatic carbocycles. The van der Waals surface area contributed by atoms with Crippen LogP contribution in [0, 0.1) is 0 Å². The van der Waals surface area contributed by atoms with E-state index in [1.807, 2.05) is 35.2 Å². The Kier molecular flexibility index (Phi) is 4.29. The monoisotopic (exact) mass is 297 g/mol. The maximum atomic E-state index is 12.3.